The summed E-state index contributed by atoms with van der Waals surface area (Å²) in [7, 11) is 0. The molecule has 5 aromatic rings. The van der Waals surface area contributed by atoms with Crippen LogP contribution in [0.15, 0.2) is 72.8 Å². The van der Waals surface area contributed by atoms with Crippen molar-refractivity contribution in [1.82, 2.24) is 14.5 Å². The Labute approximate surface area is 172 Å². The Morgan fingerprint density at radius 2 is 1.59 bits per heavy atom. The lowest BCUT2D eigenvalue weighted by molar-refractivity contribution is -0.116. The molecule has 0 aliphatic heterocycles. The first-order valence-corrected chi connectivity index (χ1v) is 9.76. The van der Waals surface area contributed by atoms with Crippen molar-refractivity contribution in [3.8, 4) is 0 Å². The molecule has 0 spiro atoms. The van der Waals surface area contributed by atoms with Crippen LogP contribution in [0.1, 0.15) is 6.42 Å². The summed E-state index contributed by atoms with van der Waals surface area (Å²) in [5.74, 6) is -0.0993. The Balaban J connectivity index is 1.52. The van der Waals surface area contributed by atoms with Gasteiger partial charge in [-0.25, -0.2) is 9.97 Å². The maximum atomic E-state index is 12.5. The van der Waals surface area contributed by atoms with Crippen LogP contribution in [-0.2, 0) is 11.3 Å². The summed E-state index contributed by atoms with van der Waals surface area (Å²) in [6, 6.07) is 23.1. The average molecular weight is 401 g/mol. The summed E-state index contributed by atoms with van der Waals surface area (Å²) >= 11 is 6.14. The molecule has 1 amide bonds. The maximum Gasteiger partial charge on any atom is 0.226 e. The van der Waals surface area contributed by atoms with Crippen molar-refractivity contribution >= 4 is 56.3 Å². The number of carbonyl (C=O) groups excluding carboxylic acids is 1. The zero-order valence-electron chi connectivity index (χ0n) is 15.5. The fraction of sp³-hybridized carbons (Fsp3) is 0.0870. The van der Waals surface area contributed by atoms with Crippen LogP contribution in [0, 0.1) is 0 Å². The number of aryl methyl sites for hydroxylation is 1. The second kappa shape index (κ2) is 7.18. The SMILES string of the molecule is O=C(CCn1c2ccccc2c2nc3ccccc3nc21)Nc1ccccc1Cl. The molecule has 0 aliphatic carbocycles. The van der Waals surface area contributed by atoms with Crippen molar-refractivity contribution in [1.29, 1.82) is 0 Å². The second-order valence-corrected chi connectivity index (χ2v) is 7.24. The van der Waals surface area contributed by atoms with Gasteiger partial charge < -0.3 is 9.88 Å². The summed E-state index contributed by atoms with van der Waals surface area (Å²) in [6.07, 6.45) is 0.299. The van der Waals surface area contributed by atoms with Gasteiger partial charge in [-0.3, -0.25) is 4.79 Å². The van der Waals surface area contributed by atoms with Gasteiger partial charge in [0.15, 0.2) is 5.65 Å². The average Bonchev–Trinajstić information content (AvgIpc) is 3.05. The predicted octanol–water partition coefficient (Wildman–Crippen LogP) is 5.42. The predicted molar refractivity (Wildman–Crippen MR) is 117 cm³/mol. The molecule has 0 unspecified atom stereocenters. The molecule has 2 aromatic heterocycles. The third kappa shape index (κ3) is 3.19. The van der Waals surface area contributed by atoms with E-state index in [1.807, 2.05) is 60.7 Å². The summed E-state index contributed by atoms with van der Waals surface area (Å²) in [4.78, 5) is 22.2. The summed E-state index contributed by atoms with van der Waals surface area (Å²) in [5, 5.41) is 4.44. The van der Waals surface area contributed by atoms with E-state index in [0.29, 0.717) is 23.7 Å². The van der Waals surface area contributed by atoms with Gasteiger partial charge in [-0.05, 0) is 30.3 Å². The van der Waals surface area contributed by atoms with Crippen molar-refractivity contribution in [2.75, 3.05) is 5.32 Å². The largest absolute Gasteiger partial charge is 0.325 e. The Morgan fingerprint density at radius 3 is 2.41 bits per heavy atom. The van der Waals surface area contributed by atoms with E-state index in [-0.39, 0.29) is 5.91 Å². The van der Waals surface area contributed by atoms with Crippen LogP contribution in [0.4, 0.5) is 5.69 Å². The normalized spacial score (nSPS) is 11.3. The molecule has 0 fully saturated rings. The molecule has 0 bridgehead atoms. The maximum absolute atomic E-state index is 12.5. The Bertz CT molecular complexity index is 1380. The number of carbonyl (C=O) groups is 1. The molecule has 5 rings (SSSR count). The molecule has 2 heterocycles. The minimum atomic E-state index is -0.0993. The molecular formula is C23H17ClN4O. The Kier molecular flexibility index (Phi) is 4.37. The third-order valence-electron chi connectivity index (χ3n) is 4.97. The molecule has 6 heteroatoms. The van der Waals surface area contributed by atoms with E-state index in [9.17, 15) is 4.79 Å². The number of halogens is 1. The summed E-state index contributed by atoms with van der Waals surface area (Å²) in [5.41, 5.74) is 4.97. The van der Waals surface area contributed by atoms with E-state index in [1.165, 1.54) is 0 Å². The molecule has 0 atom stereocenters. The van der Waals surface area contributed by atoms with Crippen LogP contribution in [-0.4, -0.2) is 20.4 Å². The number of hydrogen-bond donors (Lipinski definition) is 1. The van der Waals surface area contributed by atoms with Crippen molar-refractivity contribution < 1.29 is 4.79 Å². The van der Waals surface area contributed by atoms with Gasteiger partial charge in [0.2, 0.25) is 5.91 Å². The Morgan fingerprint density at radius 1 is 0.897 bits per heavy atom. The van der Waals surface area contributed by atoms with E-state index in [2.05, 4.69) is 9.88 Å². The molecule has 3 aromatic carbocycles. The number of aromatic nitrogens is 3. The van der Waals surface area contributed by atoms with E-state index in [1.54, 1.807) is 12.1 Å². The number of para-hydroxylation sites is 4. The minimum absolute atomic E-state index is 0.0993. The smallest absolute Gasteiger partial charge is 0.226 e. The van der Waals surface area contributed by atoms with Crippen LogP contribution in [0.5, 0.6) is 0 Å². The van der Waals surface area contributed by atoms with Gasteiger partial charge in [0, 0.05) is 18.4 Å². The van der Waals surface area contributed by atoms with Gasteiger partial charge in [0.05, 0.1) is 27.3 Å². The van der Waals surface area contributed by atoms with Gasteiger partial charge in [0.25, 0.3) is 0 Å². The van der Waals surface area contributed by atoms with E-state index < -0.39 is 0 Å². The molecule has 5 nitrogen and oxygen atoms in total. The van der Waals surface area contributed by atoms with Gasteiger partial charge >= 0.3 is 0 Å². The van der Waals surface area contributed by atoms with Gasteiger partial charge in [-0.15, -0.1) is 0 Å². The van der Waals surface area contributed by atoms with E-state index in [4.69, 9.17) is 21.6 Å². The number of nitrogens with one attached hydrogen (secondary N) is 1. The number of nitrogens with zero attached hydrogens (tertiary/aromatic N) is 3. The molecule has 0 radical (unpaired) electrons. The summed E-state index contributed by atoms with van der Waals surface area (Å²) < 4.78 is 2.07. The van der Waals surface area contributed by atoms with Crippen molar-refractivity contribution in [3.63, 3.8) is 0 Å². The number of rotatable bonds is 4. The molecule has 1 N–H and O–H groups in total. The fourth-order valence-corrected chi connectivity index (χ4v) is 3.78. The lowest BCUT2D eigenvalue weighted by Gasteiger charge is -2.09. The van der Waals surface area contributed by atoms with Crippen LogP contribution < -0.4 is 5.32 Å². The van der Waals surface area contributed by atoms with Gasteiger partial charge in [0.1, 0.15) is 5.52 Å². The monoisotopic (exact) mass is 400 g/mol. The zero-order chi connectivity index (χ0) is 19.8. The van der Waals surface area contributed by atoms with Gasteiger partial charge in [-0.2, -0.15) is 0 Å². The van der Waals surface area contributed by atoms with Crippen molar-refractivity contribution in [2.24, 2.45) is 0 Å². The highest BCUT2D eigenvalue weighted by Crippen LogP contribution is 2.28. The molecular weight excluding hydrogens is 384 g/mol. The second-order valence-electron chi connectivity index (χ2n) is 6.83. The van der Waals surface area contributed by atoms with Crippen LogP contribution in [0.3, 0.4) is 0 Å². The lowest BCUT2D eigenvalue weighted by atomic mass is 10.2. The molecule has 0 saturated heterocycles. The highest BCUT2D eigenvalue weighted by atomic mass is 35.5. The number of amides is 1. The molecule has 0 aliphatic rings. The van der Waals surface area contributed by atoms with Crippen LogP contribution in [0.25, 0.3) is 33.1 Å². The highest BCUT2D eigenvalue weighted by Gasteiger charge is 2.15. The molecule has 29 heavy (non-hydrogen) atoms. The zero-order valence-corrected chi connectivity index (χ0v) is 16.2. The fourth-order valence-electron chi connectivity index (χ4n) is 3.60. The molecule has 142 valence electrons. The first-order chi connectivity index (χ1) is 14.2. The lowest BCUT2D eigenvalue weighted by Crippen LogP contribution is -2.15. The first kappa shape index (κ1) is 17.6. The van der Waals surface area contributed by atoms with Crippen molar-refractivity contribution in [3.05, 3.63) is 77.8 Å². The number of hydrogen-bond acceptors (Lipinski definition) is 3. The van der Waals surface area contributed by atoms with E-state index >= 15 is 0 Å². The van der Waals surface area contributed by atoms with Crippen LogP contribution >= 0.6 is 11.6 Å². The number of benzene rings is 3. The minimum Gasteiger partial charge on any atom is -0.325 e. The van der Waals surface area contributed by atoms with Crippen LogP contribution in [0.2, 0.25) is 5.02 Å². The Hall–Kier alpha value is -3.44. The standard InChI is InChI=1S/C23H17ClN4O/c24-16-8-2-3-9-17(16)25-21(29)13-14-28-20-12-6-1-7-15(20)22-23(28)27-19-11-5-4-10-18(19)26-22/h1-12H,13-14H2,(H,25,29). The third-order valence-corrected chi connectivity index (χ3v) is 5.30. The highest BCUT2D eigenvalue weighted by molar-refractivity contribution is 6.33. The van der Waals surface area contributed by atoms with E-state index in [0.717, 1.165) is 33.1 Å². The summed E-state index contributed by atoms with van der Waals surface area (Å²) in [6.45, 7) is 0.493. The van der Waals surface area contributed by atoms with Gasteiger partial charge in [-0.1, -0.05) is 54.1 Å². The topological polar surface area (TPSA) is 59.8 Å². The first-order valence-electron chi connectivity index (χ1n) is 9.39. The molecule has 0 saturated carbocycles. The number of fused-ring (bicyclic) bond motifs is 4. The number of anilines is 1. The van der Waals surface area contributed by atoms with Crippen molar-refractivity contribution in [2.45, 2.75) is 13.0 Å². The quantitative estimate of drug-likeness (QED) is 0.438.